The van der Waals surface area contributed by atoms with Crippen LogP contribution in [0.25, 0.3) is 10.8 Å². The smallest absolute Gasteiger partial charge is 0.0352 e. The predicted molar refractivity (Wildman–Crippen MR) is 81.4 cm³/mol. The van der Waals surface area contributed by atoms with Gasteiger partial charge in [-0.3, -0.25) is 4.90 Å². The van der Waals surface area contributed by atoms with E-state index >= 15 is 0 Å². The van der Waals surface area contributed by atoms with E-state index in [-0.39, 0.29) is 0 Å². The first-order valence-corrected chi connectivity index (χ1v) is 7.32. The van der Waals surface area contributed by atoms with E-state index in [0.29, 0.717) is 6.04 Å². The molecule has 0 radical (unpaired) electrons. The highest BCUT2D eigenvalue weighted by Crippen LogP contribution is 2.30. The van der Waals surface area contributed by atoms with Gasteiger partial charge in [0.05, 0.1) is 0 Å². The minimum absolute atomic E-state index is 0.549. The second-order valence-electron chi connectivity index (χ2n) is 5.28. The molecule has 2 nitrogen and oxygen atoms in total. The Labute approximate surface area is 115 Å². The van der Waals surface area contributed by atoms with Crippen LogP contribution in [0.3, 0.4) is 0 Å². The SMILES string of the molecule is CCC(c1cccc2ccccc12)N1CCNCC1. The van der Waals surface area contributed by atoms with Gasteiger partial charge >= 0.3 is 0 Å². The monoisotopic (exact) mass is 254 g/mol. The summed E-state index contributed by atoms with van der Waals surface area (Å²) >= 11 is 0. The minimum Gasteiger partial charge on any atom is -0.314 e. The van der Waals surface area contributed by atoms with E-state index in [9.17, 15) is 0 Å². The van der Waals surface area contributed by atoms with E-state index in [4.69, 9.17) is 0 Å². The van der Waals surface area contributed by atoms with Crippen LogP contribution in [0.4, 0.5) is 0 Å². The van der Waals surface area contributed by atoms with Gasteiger partial charge in [0.25, 0.3) is 0 Å². The lowest BCUT2D eigenvalue weighted by Crippen LogP contribution is -2.45. The highest BCUT2D eigenvalue weighted by atomic mass is 15.2. The molecule has 1 unspecified atom stereocenters. The van der Waals surface area contributed by atoms with Crippen LogP contribution in [0, 0.1) is 0 Å². The number of piperazine rings is 1. The molecule has 19 heavy (non-hydrogen) atoms. The molecule has 3 rings (SSSR count). The third-order valence-corrected chi connectivity index (χ3v) is 4.16. The van der Waals surface area contributed by atoms with Gasteiger partial charge in [-0.1, -0.05) is 49.4 Å². The number of nitrogens with one attached hydrogen (secondary N) is 1. The second kappa shape index (κ2) is 5.72. The summed E-state index contributed by atoms with van der Waals surface area (Å²) in [7, 11) is 0. The molecule has 0 aliphatic carbocycles. The van der Waals surface area contributed by atoms with Crippen molar-refractivity contribution in [2.45, 2.75) is 19.4 Å². The Morgan fingerprint density at radius 2 is 1.79 bits per heavy atom. The van der Waals surface area contributed by atoms with E-state index in [0.717, 1.165) is 26.2 Å². The number of rotatable bonds is 3. The Morgan fingerprint density at radius 3 is 2.58 bits per heavy atom. The zero-order valence-corrected chi connectivity index (χ0v) is 11.6. The summed E-state index contributed by atoms with van der Waals surface area (Å²) in [6, 6.07) is 16.0. The lowest BCUT2D eigenvalue weighted by molar-refractivity contribution is 0.170. The van der Waals surface area contributed by atoms with E-state index in [2.05, 4.69) is 59.6 Å². The van der Waals surface area contributed by atoms with Crippen LogP contribution in [-0.2, 0) is 0 Å². The molecule has 2 aromatic carbocycles. The summed E-state index contributed by atoms with van der Waals surface area (Å²) in [5.41, 5.74) is 1.49. The number of benzene rings is 2. The van der Waals surface area contributed by atoms with Crippen molar-refractivity contribution in [2.24, 2.45) is 0 Å². The van der Waals surface area contributed by atoms with Gasteiger partial charge in [0, 0.05) is 32.2 Å². The number of hydrogen-bond acceptors (Lipinski definition) is 2. The average molecular weight is 254 g/mol. The summed E-state index contributed by atoms with van der Waals surface area (Å²) in [6.07, 6.45) is 1.17. The molecule has 100 valence electrons. The van der Waals surface area contributed by atoms with Gasteiger partial charge in [0.1, 0.15) is 0 Å². The first kappa shape index (κ1) is 12.6. The van der Waals surface area contributed by atoms with Crippen molar-refractivity contribution in [1.82, 2.24) is 10.2 Å². The van der Waals surface area contributed by atoms with Gasteiger partial charge in [-0.25, -0.2) is 0 Å². The number of fused-ring (bicyclic) bond motifs is 1. The van der Waals surface area contributed by atoms with E-state index in [1.54, 1.807) is 0 Å². The average Bonchev–Trinajstić information content (AvgIpc) is 2.49. The molecule has 0 spiro atoms. The predicted octanol–water partition coefficient (Wildman–Crippen LogP) is 3.20. The highest BCUT2D eigenvalue weighted by molar-refractivity contribution is 5.86. The van der Waals surface area contributed by atoms with Crippen molar-refractivity contribution in [3.05, 3.63) is 48.0 Å². The molecule has 1 fully saturated rings. The summed E-state index contributed by atoms with van der Waals surface area (Å²) in [6.45, 7) is 6.83. The van der Waals surface area contributed by atoms with E-state index in [1.165, 1.54) is 22.8 Å². The van der Waals surface area contributed by atoms with E-state index in [1.807, 2.05) is 0 Å². The van der Waals surface area contributed by atoms with Crippen LogP contribution in [0.15, 0.2) is 42.5 Å². The highest BCUT2D eigenvalue weighted by Gasteiger charge is 2.21. The summed E-state index contributed by atoms with van der Waals surface area (Å²) in [5, 5.41) is 6.21. The third kappa shape index (κ3) is 2.51. The molecule has 1 saturated heterocycles. The van der Waals surface area contributed by atoms with Crippen molar-refractivity contribution in [3.8, 4) is 0 Å². The third-order valence-electron chi connectivity index (χ3n) is 4.16. The van der Waals surface area contributed by atoms with E-state index < -0.39 is 0 Å². The van der Waals surface area contributed by atoms with Crippen LogP contribution >= 0.6 is 0 Å². The molecule has 1 heterocycles. The summed E-state index contributed by atoms with van der Waals surface area (Å²) in [5.74, 6) is 0. The molecule has 0 bridgehead atoms. The fourth-order valence-corrected chi connectivity index (χ4v) is 3.21. The van der Waals surface area contributed by atoms with Crippen molar-refractivity contribution in [2.75, 3.05) is 26.2 Å². The maximum absolute atomic E-state index is 3.44. The topological polar surface area (TPSA) is 15.3 Å². The van der Waals surface area contributed by atoms with Gasteiger partial charge in [-0.05, 0) is 22.8 Å². The van der Waals surface area contributed by atoms with Crippen LogP contribution < -0.4 is 5.32 Å². The number of hydrogen-bond donors (Lipinski definition) is 1. The van der Waals surface area contributed by atoms with Crippen LogP contribution in [0.2, 0.25) is 0 Å². The molecule has 2 heteroatoms. The lowest BCUT2D eigenvalue weighted by Gasteiger charge is -2.35. The van der Waals surface area contributed by atoms with Crippen molar-refractivity contribution < 1.29 is 0 Å². The molecule has 1 N–H and O–H groups in total. The minimum atomic E-state index is 0.549. The Balaban J connectivity index is 2.00. The Hall–Kier alpha value is -1.38. The maximum atomic E-state index is 3.44. The Kier molecular flexibility index (Phi) is 3.81. The van der Waals surface area contributed by atoms with Crippen molar-refractivity contribution >= 4 is 10.8 Å². The van der Waals surface area contributed by atoms with Crippen LogP contribution in [0.1, 0.15) is 24.9 Å². The zero-order valence-electron chi connectivity index (χ0n) is 11.6. The molecule has 1 atom stereocenters. The quantitative estimate of drug-likeness (QED) is 0.905. The van der Waals surface area contributed by atoms with Crippen LogP contribution in [-0.4, -0.2) is 31.1 Å². The van der Waals surface area contributed by atoms with Gasteiger partial charge in [0.15, 0.2) is 0 Å². The molecular weight excluding hydrogens is 232 g/mol. The van der Waals surface area contributed by atoms with Gasteiger partial charge in [-0.2, -0.15) is 0 Å². The summed E-state index contributed by atoms with van der Waals surface area (Å²) in [4.78, 5) is 2.62. The van der Waals surface area contributed by atoms with Gasteiger partial charge in [0.2, 0.25) is 0 Å². The fraction of sp³-hybridized carbons (Fsp3) is 0.412. The molecule has 0 saturated carbocycles. The Bertz CT molecular complexity index is 538. The standard InChI is InChI=1S/C17H22N2/c1-2-17(19-12-10-18-11-13-19)16-9-5-7-14-6-3-4-8-15(14)16/h3-9,17-18H,2,10-13H2,1H3. The van der Waals surface area contributed by atoms with Gasteiger partial charge in [-0.15, -0.1) is 0 Å². The molecule has 2 aromatic rings. The molecule has 1 aliphatic heterocycles. The molecule has 0 amide bonds. The number of nitrogens with zero attached hydrogens (tertiary/aromatic N) is 1. The Morgan fingerprint density at radius 1 is 1.05 bits per heavy atom. The second-order valence-corrected chi connectivity index (χ2v) is 5.28. The first-order chi connectivity index (χ1) is 9.40. The maximum Gasteiger partial charge on any atom is 0.0352 e. The fourth-order valence-electron chi connectivity index (χ4n) is 3.21. The van der Waals surface area contributed by atoms with Crippen molar-refractivity contribution in [1.29, 1.82) is 0 Å². The zero-order chi connectivity index (χ0) is 13.1. The molecular formula is C17H22N2. The summed E-state index contributed by atoms with van der Waals surface area (Å²) < 4.78 is 0. The first-order valence-electron chi connectivity index (χ1n) is 7.32. The van der Waals surface area contributed by atoms with Crippen molar-refractivity contribution in [3.63, 3.8) is 0 Å². The molecule has 0 aromatic heterocycles. The normalized spacial score (nSPS) is 18.6. The van der Waals surface area contributed by atoms with Gasteiger partial charge < -0.3 is 5.32 Å². The lowest BCUT2D eigenvalue weighted by atomic mass is 9.95. The molecule has 1 aliphatic rings. The van der Waals surface area contributed by atoms with Crippen LogP contribution in [0.5, 0.6) is 0 Å². The largest absolute Gasteiger partial charge is 0.314 e.